The fourth-order valence-corrected chi connectivity index (χ4v) is 4.04. The number of halogens is 1. The monoisotopic (exact) mass is 272 g/mol. The summed E-state index contributed by atoms with van der Waals surface area (Å²) in [4.78, 5) is 0. The average molecular weight is 272 g/mol. The van der Waals surface area contributed by atoms with E-state index < -0.39 is 0 Å². The summed E-state index contributed by atoms with van der Waals surface area (Å²) in [6, 6.07) is 7.15. The lowest BCUT2D eigenvalue weighted by Gasteiger charge is -2.16. The van der Waals surface area contributed by atoms with Crippen molar-refractivity contribution >= 4 is 0 Å². The van der Waals surface area contributed by atoms with Crippen LogP contribution in [0.2, 0.25) is 0 Å². The zero-order valence-corrected chi connectivity index (χ0v) is 12.5. The van der Waals surface area contributed by atoms with E-state index in [-0.39, 0.29) is 5.82 Å². The molecule has 0 spiro atoms. The molecule has 3 rings (SSSR count). The van der Waals surface area contributed by atoms with E-state index in [0.717, 1.165) is 5.92 Å². The van der Waals surface area contributed by atoms with Crippen LogP contribution in [0.4, 0.5) is 4.39 Å². The van der Waals surface area contributed by atoms with Gasteiger partial charge in [-0.25, -0.2) is 4.39 Å². The van der Waals surface area contributed by atoms with Crippen molar-refractivity contribution in [2.45, 2.75) is 64.2 Å². The van der Waals surface area contributed by atoms with Gasteiger partial charge in [-0.15, -0.1) is 0 Å². The van der Waals surface area contributed by atoms with Gasteiger partial charge in [-0.05, 0) is 61.6 Å². The summed E-state index contributed by atoms with van der Waals surface area (Å²) in [7, 11) is 0. The highest BCUT2D eigenvalue weighted by Crippen LogP contribution is 2.49. The number of unbranched alkanes of at least 4 members (excludes halogenated alkanes) is 2. The normalized spacial score (nSPS) is 19.9. The zero-order chi connectivity index (χ0) is 13.9. The number of allylic oxidation sites excluding steroid dienone is 2. The molecule has 20 heavy (non-hydrogen) atoms. The Hall–Kier alpha value is -1.11. The number of rotatable bonds is 5. The Labute approximate surface area is 122 Å². The summed E-state index contributed by atoms with van der Waals surface area (Å²) in [5.74, 6) is 1.43. The maximum absolute atomic E-state index is 13.0. The van der Waals surface area contributed by atoms with E-state index in [1.807, 2.05) is 12.1 Å². The summed E-state index contributed by atoms with van der Waals surface area (Å²) in [6.07, 6.45) is 10.7. The van der Waals surface area contributed by atoms with Gasteiger partial charge in [0.15, 0.2) is 0 Å². The van der Waals surface area contributed by atoms with Crippen LogP contribution in [0.3, 0.4) is 0 Å². The van der Waals surface area contributed by atoms with Gasteiger partial charge in [0.1, 0.15) is 5.82 Å². The smallest absolute Gasteiger partial charge is 0.123 e. The number of hydrogen-bond acceptors (Lipinski definition) is 0. The van der Waals surface area contributed by atoms with Crippen LogP contribution in [-0.2, 0) is 0 Å². The second kappa shape index (κ2) is 6.11. The van der Waals surface area contributed by atoms with E-state index in [0.29, 0.717) is 5.92 Å². The lowest BCUT2D eigenvalue weighted by atomic mass is 9.88. The second-order valence-corrected chi connectivity index (χ2v) is 6.63. The van der Waals surface area contributed by atoms with Gasteiger partial charge in [0.2, 0.25) is 0 Å². The summed E-state index contributed by atoms with van der Waals surface area (Å²) in [5, 5.41) is 0. The van der Waals surface area contributed by atoms with Crippen molar-refractivity contribution < 1.29 is 4.39 Å². The van der Waals surface area contributed by atoms with E-state index >= 15 is 0 Å². The molecule has 0 fully saturated rings. The molecule has 0 amide bonds. The van der Waals surface area contributed by atoms with E-state index in [4.69, 9.17) is 0 Å². The van der Waals surface area contributed by atoms with Gasteiger partial charge in [0.05, 0.1) is 0 Å². The summed E-state index contributed by atoms with van der Waals surface area (Å²) < 4.78 is 13.0. The molecule has 0 saturated carbocycles. The van der Waals surface area contributed by atoms with Crippen LogP contribution in [0.1, 0.15) is 69.8 Å². The highest BCUT2D eigenvalue weighted by atomic mass is 19.1. The molecule has 0 unspecified atom stereocenters. The maximum Gasteiger partial charge on any atom is 0.123 e. The Bertz CT molecular complexity index is 465. The third kappa shape index (κ3) is 2.97. The van der Waals surface area contributed by atoms with Crippen LogP contribution >= 0.6 is 0 Å². The van der Waals surface area contributed by atoms with Crippen molar-refractivity contribution in [1.29, 1.82) is 0 Å². The number of hydrogen-bond donors (Lipinski definition) is 0. The summed E-state index contributed by atoms with van der Waals surface area (Å²) in [5.41, 5.74) is 4.80. The van der Waals surface area contributed by atoms with Crippen molar-refractivity contribution in [2.75, 3.05) is 0 Å². The van der Waals surface area contributed by atoms with Crippen molar-refractivity contribution in [2.24, 2.45) is 5.92 Å². The Morgan fingerprint density at radius 2 is 1.60 bits per heavy atom. The van der Waals surface area contributed by atoms with E-state index in [1.165, 1.54) is 56.9 Å². The van der Waals surface area contributed by atoms with Gasteiger partial charge in [-0.2, -0.15) is 0 Å². The first-order valence-corrected chi connectivity index (χ1v) is 8.21. The fourth-order valence-electron chi connectivity index (χ4n) is 4.04. The van der Waals surface area contributed by atoms with Gasteiger partial charge in [0.25, 0.3) is 0 Å². The first-order valence-electron chi connectivity index (χ1n) is 8.21. The average Bonchev–Trinajstić information content (AvgIpc) is 2.98. The zero-order valence-electron chi connectivity index (χ0n) is 12.5. The van der Waals surface area contributed by atoms with Crippen molar-refractivity contribution in [3.8, 4) is 0 Å². The van der Waals surface area contributed by atoms with Crippen molar-refractivity contribution in [3.05, 3.63) is 46.8 Å². The molecule has 0 heterocycles. The minimum atomic E-state index is -0.122. The molecular weight excluding hydrogens is 247 g/mol. The predicted molar refractivity (Wildman–Crippen MR) is 82.3 cm³/mol. The Kier molecular flexibility index (Phi) is 4.24. The third-order valence-corrected chi connectivity index (χ3v) is 5.11. The van der Waals surface area contributed by atoms with Gasteiger partial charge in [0, 0.05) is 0 Å². The largest absolute Gasteiger partial charge is 0.207 e. The molecule has 2 aliphatic carbocycles. The molecule has 0 atom stereocenters. The maximum atomic E-state index is 13.0. The first kappa shape index (κ1) is 13.9. The minimum Gasteiger partial charge on any atom is -0.207 e. The van der Waals surface area contributed by atoms with Gasteiger partial charge in [-0.1, -0.05) is 49.5 Å². The number of benzene rings is 1. The lowest BCUT2D eigenvalue weighted by Crippen LogP contribution is -2.01. The highest BCUT2D eigenvalue weighted by Gasteiger charge is 2.32. The van der Waals surface area contributed by atoms with Crippen molar-refractivity contribution in [3.63, 3.8) is 0 Å². The van der Waals surface area contributed by atoms with Crippen LogP contribution in [0.5, 0.6) is 0 Å². The van der Waals surface area contributed by atoms with Crippen LogP contribution in [0.15, 0.2) is 35.4 Å². The van der Waals surface area contributed by atoms with Crippen LogP contribution in [0, 0.1) is 11.7 Å². The van der Waals surface area contributed by atoms with Crippen LogP contribution < -0.4 is 0 Å². The molecule has 2 aliphatic rings. The minimum absolute atomic E-state index is 0.122. The molecule has 0 nitrogen and oxygen atoms in total. The van der Waals surface area contributed by atoms with Crippen LogP contribution in [0.25, 0.3) is 0 Å². The predicted octanol–water partition coefficient (Wildman–Crippen LogP) is 5.99. The quantitative estimate of drug-likeness (QED) is 0.456. The van der Waals surface area contributed by atoms with Gasteiger partial charge in [-0.3, -0.25) is 0 Å². The molecule has 0 bridgehead atoms. The molecule has 0 radical (unpaired) electrons. The van der Waals surface area contributed by atoms with E-state index in [9.17, 15) is 4.39 Å². The summed E-state index contributed by atoms with van der Waals surface area (Å²) in [6.45, 7) is 2.28. The molecule has 1 aromatic rings. The first-order chi connectivity index (χ1) is 9.76. The Morgan fingerprint density at radius 1 is 0.950 bits per heavy atom. The van der Waals surface area contributed by atoms with E-state index in [1.54, 1.807) is 23.3 Å². The topological polar surface area (TPSA) is 0 Å². The molecule has 1 heteroatoms. The van der Waals surface area contributed by atoms with Crippen molar-refractivity contribution in [1.82, 2.24) is 0 Å². The summed E-state index contributed by atoms with van der Waals surface area (Å²) >= 11 is 0. The van der Waals surface area contributed by atoms with Crippen LogP contribution in [-0.4, -0.2) is 0 Å². The third-order valence-electron chi connectivity index (χ3n) is 5.11. The molecule has 108 valence electrons. The molecular formula is C19H25F. The molecule has 0 aliphatic heterocycles. The molecule has 0 saturated heterocycles. The fraction of sp³-hybridized carbons (Fsp3) is 0.579. The highest BCUT2D eigenvalue weighted by molar-refractivity contribution is 5.34. The second-order valence-electron chi connectivity index (χ2n) is 6.63. The standard InChI is InChI=1S/C19H25F/c1-2-3-4-5-14-10-16-12-18(13-17(16)11-14)15-6-8-19(20)9-7-15/h6-9,14,18H,2-5,10-13H2,1H3. The lowest BCUT2D eigenvalue weighted by molar-refractivity contribution is 0.460. The Morgan fingerprint density at radius 3 is 2.20 bits per heavy atom. The van der Waals surface area contributed by atoms with E-state index in [2.05, 4.69) is 6.92 Å². The molecule has 1 aromatic carbocycles. The van der Waals surface area contributed by atoms with Gasteiger partial charge < -0.3 is 0 Å². The Balaban J connectivity index is 1.53. The SMILES string of the molecule is CCCCCC1CC2=C(C1)CC(c1ccc(F)cc1)C2. The van der Waals surface area contributed by atoms with Gasteiger partial charge >= 0.3 is 0 Å². The molecule has 0 aromatic heterocycles. The molecule has 0 N–H and O–H groups in total.